The van der Waals surface area contributed by atoms with Gasteiger partial charge in [0.05, 0.1) is 28.1 Å². The van der Waals surface area contributed by atoms with Crippen LogP contribution in [0.4, 0.5) is 5.69 Å². The fourth-order valence-electron chi connectivity index (χ4n) is 3.18. The molecular weight excluding hydrogens is 364 g/mol. The number of anilines is 1. The summed E-state index contributed by atoms with van der Waals surface area (Å²) >= 11 is 6.37. The van der Waals surface area contributed by atoms with Gasteiger partial charge in [0.15, 0.2) is 11.6 Å². The molecule has 4 rings (SSSR count). The van der Waals surface area contributed by atoms with E-state index in [0.29, 0.717) is 16.6 Å². The Morgan fingerprint density at radius 2 is 1.89 bits per heavy atom. The minimum Gasteiger partial charge on any atom is -0.478 e. The zero-order valence-electron chi connectivity index (χ0n) is 14.8. The van der Waals surface area contributed by atoms with Gasteiger partial charge in [0.2, 0.25) is 0 Å². The van der Waals surface area contributed by atoms with E-state index in [-0.39, 0.29) is 5.56 Å². The van der Waals surface area contributed by atoms with Gasteiger partial charge in [-0.1, -0.05) is 35.9 Å². The summed E-state index contributed by atoms with van der Waals surface area (Å²) in [4.78, 5) is 15.8. The van der Waals surface area contributed by atoms with Crippen molar-refractivity contribution >= 4 is 29.1 Å². The van der Waals surface area contributed by atoms with E-state index >= 15 is 0 Å². The first-order valence-corrected chi connectivity index (χ1v) is 8.81. The van der Waals surface area contributed by atoms with E-state index < -0.39 is 11.5 Å². The minimum atomic E-state index is -0.951. The number of hydrogen-bond donors (Lipinski definition) is 2. The van der Waals surface area contributed by atoms with Gasteiger partial charge < -0.3 is 14.8 Å². The second-order valence-corrected chi connectivity index (χ2v) is 7.30. The van der Waals surface area contributed by atoms with Crippen LogP contribution in [-0.2, 0) is 5.54 Å². The zero-order valence-corrected chi connectivity index (χ0v) is 15.5. The molecule has 0 fully saturated rings. The van der Waals surface area contributed by atoms with Crippen LogP contribution in [0.2, 0.25) is 5.02 Å². The van der Waals surface area contributed by atoms with Gasteiger partial charge in [-0.05, 0) is 43.7 Å². The molecular formula is C21H17ClN2O3. The van der Waals surface area contributed by atoms with Gasteiger partial charge in [-0.3, -0.25) is 4.99 Å². The normalized spacial score (nSPS) is 14.9. The number of carboxylic acids is 1. The van der Waals surface area contributed by atoms with E-state index in [4.69, 9.17) is 26.1 Å². The van der Waals surface area contributed by atoms with Crippen LogP contribution in [0.1, 0.15) is 35.5 Å². The molecule has 2 heterocycles. The van der Waals surface area contributed by atoms with Crippen molar-refractivity contribution in [2.45, 2.75) is 19.4 Å². The molecule has 0 aliphatic carbocycles. The molecule has 0 atom stereocenters. The zero-order chi connectivity index (χ0) is 19.2. The second-order valence-electron chi connectivity index (χ2n) is 6.89. The predicted molar refractivity (Wildman–Crippen MR) is 106 cm³/mol. The lowest BCUT2D eigenvalue weighted by molar-refractivity contribution is 0.0697. The lowest BCUT2D eigenvalue weighted by Gasteiger charge is -2.30. The monoisotopic (exact) mass is 380 g/mol. The molecule has 1 aliphatic heterocycles. The lowest BCUT2D eigenvalue weighted by Crippen LogP contribution is -2.29. The van der Waals surface area contributed by atoms with Gasteiger partial charge >= 0.3 is 5.97 Å². The number of para-hydroxylation sites is 1. The molecule has 5 nitrogen and oxygen atoms in total. The van der Waals surface area contributed by atoms with E-state index in [1.807, 2.05) is 38.1 Å². The summed E-state index contributed by atoms with van der Waals surface area (Å²) in [6, 6.07) is 14.3. The topological polar surface area (TPSA) is 74.8 Å². The van der Waals surface area contributed by atoms with Gasteiger partial charge in [-0.15, -0.1) is 0 Å². The van der Waals surface area contributed by atoms with E-state index in [1.54, 1.807) is 30.5 Å². The van der Waals surface area contributed by atoms with Gasteiger partial charge in [0.25, 0.3) is 0 Å². The Balaban J connectivity index is 1.68. The molecule has 1 aliphatic rings. The molecule has 0 amide bonds. The summed E-state index contributed by atoms with van der Waals surface area (Å²) in [7, 11) is 0. The smallest absolute Gasteiger partial charge is 0.335 e. The summed E-state index contributed by atoms with van der Waals surface area (Å²) < 4.78 is 5.73. The van der Waals surface area contributed by atoms with Crippen molar-refractivity contribution in [2.24, 2.45) is 4.99 Å². The second kappa shape index (κ2) is 6.28. The van der Waals surface area contributed by atoms with Gasteiger partial charge in [0, 0.05) is 11.1 Å². The van der Waals surface area contributed by atoms with E-state index in [2.05, 4.69) is 5.32 Å². The number of fused-ring (bicyclic) bond motifs is 1. The largest absolute Gasteiger partial charge is 0.478 e. The summed E-state index contributed by atoms with van der Waals surface area (Å²) in [6.07, 6.45) is 1.63. The van der Waals surface area contributed by atoms with Gasteiger partial charge in [0.1, 0.15) is 0 Å². The number of rotatable bonds is 3. The molecule has 0 radical (unpaired) electrons. The molecule has 0 unspecified atom stereocenters. The third-order valence-corrected chi connectivity index (χ3v) is 4.92. The number of benzene rings is 2. The maximum atomic E-state index is 11.0. The number of nitrogens with one attached hydrogen (secondary N) is 1. The Morgan fingerprint density at radius 3 is 2.59 bits per heavy atom. The molecule has 1 aromatic heterocycles. The third-order valence-electron chi connectivity index (χ3n) is 4.61. The molecule has 6 heteroatoms. The Kier molecular flexibility index (Phi) is 4.04. The van der Waals surface area contributed by atoms with Crippen LogP contribution in [0.5, 0.6) is 0 Å². The van der Waals surface area contributed by atoms with Crippen molar-refractivity contribution < 1.29 is 14.3 Å². The Hall–Kier alpha value is -3.05. The highest BCUT2D eigenvalue weighted by Crippen LogP contribution is 2.40. The van der Waals surface area contributed by atoms with Gasteiger partial charge in [-0.25, -0.2) is 4.79 Å². The Labute approximate surface area is 161 Å². The fraction of sp³-hybridized carbons (Fsp3) is 0.143. The van der Waals surface area contributed by atoms with Crippen molar-refractivity contribution in [3.8, 4) is 11.1 Å². The molecule has 27 heavy (non-hydrogen) atoms. The summed E-state index contributed by atoms with van der Waals surface area (Å²) in [5, 5.41) is 12.9. The minimum absolute atomic E-state index is 0.244. The maximum absolute atomic E-state index is 11.0. The number of aliphatic imine (C=N–C) groups is 1. The lowest BCUT2D eigenvalue weighted by atomic mass is 9.91. The van der Waals surface area contributed by atoms with Gasteiger partial charge in [-0.2, -0.15) is 0 Å². The number of aromatic carboxylic acids is 1. The Morgan fingerprint density at radius 1 is 1.15 bits per heavy atom. The molecule has 2 aromatic carbocycles. The van der Waals surface area contributed by atoms with Crippen molar-refractivity contribution in [3.05, 3.63) is 76.7 Å². The molecule has 136 valence electrons. The standard InChI is InChI=1S/C21H17ClN2O3/c1-21(2)15-4-3-5-16(22)18(15)23-19(24-21)17-10-14(11-27-17)12-6-8-13(9-7-12)20(25)26/h3-11H,1-2H3,(H,23,24)(H,25,26). The first kappa shape index (κ1) is 17.4. The molecule has 0 spiro atoms. The van der Waals surface area contributed by atoms with Crippen molar-refractivity contribution in [1.82, 2.24) is 0 Å². The van der Waals surface area contributed by atoms with Crippen LogP contribution in [0.15, 0.2) is 64.2 Å². The van der Waals surface area contributed by atoms with E-state index in [0.717, 1.165) is 22.4 Å². The highest BCUT2D eigenvalue weighted by Gasteiger charge is 2.31. The van der Waals surface area contributed by atoms with Crippen molar-refractivity contribution in [3.63, 3.8) is 0 Å². The maximum Gasteiger partial charge on any atom is 0.335 e. The highest BCUT2D eigenvalue weighted by atomic mass is 35.5. The predicted octanol–water partition coefficient (Wildman–Crippen LogP) is 5.41. The number of nitrogens with zero attached hydrogens (tertiary/aromatic N) is 1. The molecule has 0 saturated carbocycles. The summed E-state index contributed by atoms with van der Waals surface area (Å²) in [6.45, 7) is 4.05. The van der Waals surface area contributed by atoms with E-state index in [1.165, 1.54) is 0 Å². The number of carbonyl (C=O) groups is 1. The summed E-state index contributed by atoms with van der Waals surface area (Å²) in [5.41, 5.74) is 3.36. The average molecular weight is 381 g/mol. The number of amidine groups is 1. The van der Waals surface area contributed by atoms with Crippen LogP contribution in [-0.4, -0.2) is 16.9 Å². The number of halogens is 1. The quantitative estimate of drug-likeness (QED) is 0.637. The number of hydrogen-bond acceptors (Lipinski definition) is 4. The van der Waals surface area contributed by atoms with E-state index in [9.17, 15) is 4.79 Å². The van der Waals surface area contributed by atoms with Crippen LogP contribution >= 0.6 is 11.6 Å². The third kappa shape index (κ3) is 3.11. The van der Waals surface area contributed by atoms with Crippen LogP contribution in [0, 0.1) is 0 Å². The van der Waals surface area contributed by atoms with Crippen molar-refractivity contribution in [1.29, 1.82) is 0 Å². The SMILES string of the molecule is CC1(C)N=C(c2cc(-c3ccc(C(=O)O)cc3)co2)Nc2c(Cl)cccc21. The first-order valence-electron chi connectivity index (χ1n) is 8.44. The molecule has 0 bridgehead atoms. The van der Waals surface area contributed by atoms with Crippen molar-refractivity contribution in [2.75, 3.05) is 5.32 Å². The first-order chi connectivity index (χ1) is 12.8. The molecule has 0 saturated heterocycles. The highest BCUT2D eigenvalue weighted by molar-refractivity contribution is 6.34. The molecule has 2 N–H and O–H groups in total. The van der Waals surface area contributed by atoms with Crippen LogP contribution in [0.3, 0.4) is 0 Å². The molecule has 3 aromatic rings. The summed E-state index contributed by atoms with van der Waals surface area (Å²) in [5.74, 6) is 0.243. The van der Waals surface area contributed by atoms with Crippen LogP contribution < -0.4 is 5.32 Å². The average Bonchev–Trinajstić information content (AvgIpc) is 3.12. The number of furan rings is 1. The number of carboxylic acid groups (broad SMARTS) is 1. The Bertz CT molecular complexity index is 1070. The van der Waals surface area contributed by atoms with Crippen LogP contribution in [0.25, 0.3) is 11.1 Å². The fourth-order valence-corrected chi connectivity index (χ4v) is 3.40.